The molecule has 2 rings (SSSR count). The van der Waals surface area contributed by atoms with Crippen LogP contribution in [0, 0.1) is 0 Å². The summed E-state index contributed by atoms with van der Waals surface area (Å²) in [6, 6.07) is 14.5. The number of para-hydroxylation sites is 1. The summed E-state index contributed by atoms with van der Waals surface area (Å²) in [6.07, 6.45) is 1.07. The summed E-state index contributed by atoms with van der Waals surface area (Å²) in [5.41, 5.74) is 0.469. The topological polar surface area (TPSA) is 83.6 Å². The van der Waals surface area contributed by atoms with Crippen LogP contribution in [0.15, 0.2) is 59.5 Å². The quantitative estimate of drug-likeness (QED) is 0.787. The molecule has 0 bridgehead atoms. The minimum atomic E-state index is -3.82. The van der Waals surface area contributed by atoms with E-state index in [-0.39, 0.29) is 23.0 Å². The highest BCUT2D eigenvalue weighted by Gasteiger charge is 2.20. The fourth-order valence-electron chi connectivity index (χ4n) is 2.10. The highest BCUT2D eigenvalue weighted by Crippen LogP contribution is 2.20. The first-order valence-electron chi connectivity index (χ1n) is 6.99. The van der Waals surface area contributed by atoms with Crippen molar-refractivity contribution in [1.29, 1.82) is 0 Å². The molecule has 0 heterocycles. The number of hydrogen-bond donors (Lipinski definition) is 1. The van der Waals surface area contributed by atoms with Gasteiger partial charge in [-0.15, -0.1) is 0 Å². The monoisotopic (exact) mass is 388 g/mol. The highest BCUT2D eigenvalue weighted by atomic mass is 35.5. The van der Waals surface area contributed by atoms with E-state index in [1.807, 2.05) is 0 Å². The van der Waals surface area contributed by atoms with Gasteiger partial charge in [-0.2, -0.15) is 0 Å². The zero-order valence-electron chi connectivity index (χ0n) is 12.9. The van der Waals surface area contributed by atoms with Gasteiger partial charge in [0.05, 0.1) is 17.0 Å². The maximum Gasteiger partial charge on any atom is 0.242 e. The molecule has 0 aliphatic rings. The number of rotatable bonds is 7. The van der Waals surface area contributed by atoms with Gasteiger partial charge in [0, 0.05) is 13.1 Å². The highest BCUT2D eigenvalue weighted by molar-refractivity contribution is 7.92. The molecule has 0 saturated heterocycles. The Kier molecular flexibility index (Phi) is 5.87. The van der Waals surface area contributed by atoms with Gasteiger partial charge in [-0.25, -0.2) is 21.6 Å². The molecule has 0 aliphatic carbocycles. The van der Waals surface area contributed by atoms with Crippen molar-refractivity contribution in [1.82, 2.24) is 4.72 Å². The summed E-state index contributed by atoms with van der Waals surface area (Å²) < 4.78 is 51.9. The number of hydrogen-bond acceptors (Lipinski definition) is 4. The van der Waals surface area contributed by atoms with Crippen molar-refractivity contribution in [2.45, 2.75) is 4.90 Å². The van der Waals surface area contributed by atoms with Crippen LogP contribution >= 0.6 is 11.6 Å². The second-order valence-corrected chi connectivity index (χ2v) is 9.05. The third-order valence-electron chi connectivity index (χ3n) is 3.18. The van der Waals surface area contributed by atoms with Crippen LogP contribution < -0.4 is 9.03 Å². The predicted molar refractivity (Wildman–Crippen MR) is 95.3 cm³/mol. The van der Waals surface area contributed by atoms with E-state index in [9.17, 15) is 16.8 Å². The molecular weight excluding hydrogens is 372 g/mol. The van der Waals surface area contributed by atoms with Crippen LogP contribution in [-0.2, 0) is 20.0 Å². The minimum absolute atomic E-state index is 0.0352. The van der Waals surface area contributed by atoms with Gasteiger partial charge in [-0.3, -0.25) is 4.31 Å². The van der Waals surface area contributed by atoms with Gasteiger partial charge in [-0.05, 0) is 24.3 Å². The lowest BCUT2D eigenvalue weighted by Crippen LogP contribution is -2.38. The van der Waals surface area contributed by atoms with Crippen molar-refractivity contribution in [3.8, 4) is 0 Å². The van der Waals surface area contributed by atoms with Crippen molar-refractivity contribution in [2.75, 3.05) is 23.7 Å². The summed E-state index contributed by atoms with van der Waals surface area (Å²) in [7, 11) is -7.35. The van der Waals surface area contributed by atoms with Crippen LogP contribution in [0.5, 0.6) is 0 Å². The van der Waals surface area contributed by atoms with Gasteiger partial charge in [0.15, 0.2) is 0 Å². The Morgan fingerprint density at radius 2 is 1.54 bits per heavy atom. The molecule has 9 heteroatoms. The van der Waals surface area contributed by atoms with Gasteiger partial charge in [0.2, 0.25) is 20.0 Å². The smallest absolute Gasteiger partial charge is 0.242 e. The van der Waals surface area contributed by atoms with E-state index >= 15 is 0 Å². The molecule has 130 valence electrons. The summed E-state index contributed by atoms with van der Waals surface area (Å²) in [4.78, 5) is -0.0442. The summed E-state index contributed by atoms with van der Waals surface area (Å²) in [5.74, 6) is 0. The largest absolute Gasteiger partial charge is 0.269 e. The van der Waals surface area contributed by atoms with Gasteiger partial charge in [-0.1, -0.05) is 41.9 Å². The lowest BCUT2D eigenvalue weighted by Gasteiger charge is -2.22. The lowest BCUT2D eigenvalue weighted by atomic mass is 10.3. The van der Waals surface area contributed by atoms with Crippen LogP contribution in [0.2, 0.25) is 5.02 Å². The first-order chi connectivity index (χ1) is 11.2. The molecule has 0 saturated carbocycles. The van der Waals surface area contributed by atoms with Gasteiger partial charge >= 0.3 is 0 Å². The molecule has 0 spiro atoms. The van der Waals surface area contributed by atoms with E-state index in [1.165, 1.54) is 12.1 Å². The second-order valence-electron chi connectivity index (χ2n) is 5.00. The van der Waals surface area contributed by atoms with Gasteiger partial charge in [0.1, 0.15) is 4.90 Å². The summed E-state index contributed by atoms with van der Waals surface area (Å²) in [6.45, 7) is -0.123. The molecule has 24 heavy (non-hydrogen) atoms. The zero-order chi connectivity index (χ0) is 17.8. The van der Waals surface area contributed by atoms with Crippen LogP contribution in [0.4, 0.5) is 5.69 Å². The van der Waals surface area contributed by atoms with E-state index in [2.05, 4.69) is 4.72 Å². The fraction of sp³-hybridized carbons (Fsp3) is 0.200. The lowest BCUT2D eigenvalue weighted by molar-refractivity contribution is 0.578. The van der Waals surface area contributed by atoms with E-state index in [0.717, 1.165) is 10.6 Å². The Bertz CT molecular complexity index is 900. The number of nitrogens with zero attached hydrogens (tertiary/aromatic N) is 1. The van der Waals surface area contributed by atoms with Crippen LogP contribution in [0.3, 0.4) is 0 Å². The molecule has 1 N–H and O–H groups in total. The van der Waals surface area contributed by atoms with Crippen LogP contribution in [0.25, 0.3) is 0 Å². The van der Waals surface area contributed by atoms with Crippen molar-refractivity contribution in [3.63, 3.8) is 0 Å². The van der Waals surface area contributed by atoms with Crippen molar-refractivity contribution in [3.05, 3.63) is 59.6 Å². The number of anilines is 1. The fourth-order valence-corrected chi connectivity index (χ4v) is 4.57. The molecule has 2 aromatic rings. The molecule has 0 radical (unpaired) electrons. The normalized spacial score (nSPS) is 12.1. The van der Waals surface area contributed by atoms with E-state index in [4.69, 9.17) is 11.6 Å². The Labute approximate surface area is 147 Å². The molecule has 0 atom stereocenters. The SMILES string of the molecule is CS(=O)(=O)N(CCNS(=O)(=O)c1ccccc1Cl)c1ccccc1. The number of halogens is 1. The molecule has 6 nitrogen and oxygen atoms in total. The third-order valence-corrected chi connectivity index (χ3v) is 6.33. The van der Waals surface area contributed by atoms with E-state index in [1.54, 1.807) is 42.5 Å². The van der Waals surface area contributed by atoms with Crippen LogP contribution in [-0.4, -0.2) is 36.2 Å². The first-order valence-corrected chi connectivity index (χ1v) is 10.7. The number of nitrogens with one attached hydrogen (secondary N) is 1. The van der Waals surface area contributed by atoms with E-state index in [0.29, 0.717) is 5.69 Å². The predicted octanol–water partition coefficient (Wildman–Crippen LogP) is 2.08. The van der Waals surface area contributed by atoms with E-state index < -0.39 is 20.0 Å². The average Bonchev–Trinajstić information content (AvgIpc) is 2.51. The van der Waals surface area contributed by atoms with Gasteiger partial charge < -0.3 is 0 Å². The standard InChI is InChI=1S/C15H17ClN2O4S2/c1-23(19,20)18(13-7-3-2-4-8-13)12-11-17-24(21,22)15-10-6-5-9-14(15)16/h2-10,17H,11-12H2,1H3. The van der Waals surface area contributed by atoms with Crippen molar-refractivity contribution >= 4 is 37.3 Å². The Morgan fingerprint density at radius 1 is 0.958 bits per heavy atom. The summed E-state index contributed by atoms with van der Waals surface area (Å²) in [5, 5.41) is 0.105. The molecule has 0 fully saturated rings. The third kappa shape index (κ3) is 4.70. The van der Waals surface area contributed by atoms with Gasteiger partial charge in [0.25, 0.3) is 0 Å². The maximum absolute atomic E-state index is 12.3. The molecule has 0 unspecified atom stereocenters. The molecule has 0 aliphatic heterocycles. The minimum Gasteiger partial charge on any atom is -0.269 e. The Hall–Kier alpha value is -1.61. The number of benzene rings is 2. The van der Waals surface area contributed by atoms with Crippen molar-refractivity contribution in [2.24, 2.45) is 0 Å². The Balaban J connectivity index is 2.13. The first kappa shape index (κ1) is 18.7. The van der Waals surface area contributed by atoms with Crippen LogP contribution in [0.1, 0.15) is 0 Å². The van der Waals surface area contributed by atoms with Crippen molar-refractivity contribution < 1.29 is 16.8 Å². The molecule has 2 aromatic carbocycles. The Morgan fingerprint density at radius 3 is 2.12 bits per heavy atom. The average molecular weight is 389 g/mol. The second kappa shape index (κ2) is 7.52. The molecule has 0 aromatic heterocycles. The zero-order valence-corrected chi connectivity index (χ0v) is 15.3. The number of sulfonamides is 2. The molecular formula is C15H17ClN2O4S2. The summed E-state index contributed by atoms with van der Waals surface area (Å²) >= 11 is 5.89. The molecule has 0 amide bonds. The maximum atomic E-state index is 12.3.